The van der Waals surface area contributed by atoms with Gasteiger partial charge in [-0.25, -0.2) is 8.39 Å². The molecule has 0 spiro atoms. The van der Waals surface area contributed by atoms with Crippen molar-refractivity contribution in [3.05, 3.63) is 23.2 Å². The van der Waals surface area contributed by atoms with Crippen LogP contribution < -0.4 is 0 Å². The van der Waals surface area contributed by atoms with Crippen LogP contribution in [0.3, 0.4) is 0 Å². The maximum Gasteiger partial charge on any atom is 0.627 e. The van der Waals surface area contributed by atoms with Gasteiger partial charge in [0, 0.05) is 0 Å². The Balaban J connectivity index is 3.01. The molecule has 1 aromatic heterocycles. The highest BCUT2D eigenvalue weighted by atomic mass is 35.5. The van der Waals surface area contributed by atoms with Gasteiger partial charge in [0.25, 0.3) is 17.4 Å². The first-order valence-electron chi connectivity index (χ1n) is 2.89. The fraction of sp³-hybridized carbons (Fsp3) is 0. The molecule has 1 aromatic carbocycles. The van der Waals surface area contributed by atoms with Crippen molar-refractivity contribution < 1.29 is 8.39 Å². The molecule has 2 aromatic rings. The minimum atomic E-state index is -1.21. The van der Waals surface area contributed by atoms with E-state index in [0.717, 1.165) is 0 Å². The van der Waals surface area contributed by atoms with Crippen LogP contribution in [-0.2, 0) is 0 Å². The summed E-state index contributed by atoms with van der Waals surface area (Å²) in [5, 5.41) is 0.553. The molecular formula is C6H3ClO2PS+. The van der Waals surface area contributed by atoms with Crippen molar-refractivity contribution in [2.24, 2.45) is 0 Å². The molecule has 0 aliphatic carbocycles. The van der Waals surface area contributed by atoms with Gasteiger partial charge in [0.05, 0.1) is 5.02 Å². The standard InChI is InChI=1S/C6H3ClO2PS/c7-4-2-1-3-5-6(4)9-10(11)8-5/h1-3H/q+1. The van der Waals surface area contributed by atoms with Crippen molar-refractivity contribution in [2.45, 2.75) is 0 Å². The average molecular weight is 206 g/mol. The number of benzene rings is 1. The van der Waals surface area contributed by atoms with E-state index in [1.807, 2.05) is 0 Å². The van der Waals surface area contributed by atoms with Gasteiger partial charge in [0.2, 0.25) is 5.58 Å². The maximum atomic E-state index is 5.79. The van der Waals surface area contributed by atoms with Gasteiger partial charge in [-0.05, 0) is 12.1 Å². The maximum absolute atomic E-state index is 5.79. The average Bonchev–Trinajstić information content (AvgIpc) is 2.31. The summed E-state index contributed by atoms with van der Waals surface area (Å²) in [5.74, 6) is 0. The summed E-state index contributed by atoms with van der Waals surface area (Å²) in [6.45, 7) is -1.21. The molecule has 1 heterocycles. The molecule has 1 unspecified atom stereocenters. The molecule has 2 rings (SSSR count). The molecule has 0 N–H and O–H groups in total. The lowest BCUT2D eigenvalue weighted by Crippen LogP contribution is -1.63. The number of para-hydroxylation sites is 1. The second kappa shape index (κ2) is 2.59. The smallest absolute Gasteiger partial charge is 0.239 e. The van der Waals surface area contributed by atoms with Crippen molar-refractivity contribution in [2.75, 3.05) is 0 Å². The molecule has 0 fully saturated rings. The fourth-order valence-electron chi connectivity index (χ4n) is 0.823. The Labute approximate surface area is 73.3 Å². The molecule has 0 radical (unpaired) electrons. The summed E-state index contributed by atoms with van der Waals surface area (Å²) in [4.78, 5) is 0. The van der Waals surface area contributed by atoms with E-state index in [4.69, 9.17) is 31.8 Å². The first-order valence-corrected chi connectivity index (χ1v) is 5.46. The largest absolute Gasteiger partial charge is 0.627 e. The number of fused-ring (bicyclic) bond motifs is 1. The minimum Gasteiger partial charge on any atom is -0.239 e. The van der Waals surface area contributed by atoms with Crippen molar-refractivity contribution in [1.82, 2.24) is 0 Å². The second-order valence-electron chi connectivity index (χ2n) is 1.97. The molecule has 0 aliphatic rings. The van der Waals surface area contributed by atoms with Crippen molar-refractivity contribution >= 4 is 41.4 Å². The predicted octanol–water partition coefficient (Wildman–Crippen LogP) is 4.19. The predicted molar refractivity (Wildman–Crippen MR) is 48.0 cm³/mol. The van der Waals surface area contributed by atoms with Gasteiger partial charge in [-0.15, -0.1) is 0 Å². The van der Waals surface area contributed by atoms with Crippen LogP contribution >= 0.6 is 30.2 Å². The van der Waals surface area contributed by atoms with Crippen LogP contribution in [-0.4, -0.2) is 0 Å². The van der Waals surface area contributed by atoms with Crippen LogP contribution in [0.5, 0.6) is 0 Å². The van der Waals surface area contributed by atoms with Gasteiger partial charge in [0.1, 0.15) is 0 Å². The fourth-order valence-corrected chi connectivity index (χ4v) is 2.22. The second-order valence-corrected chi connectivity index (χ2v) is 4.09. The highest BCUT2D eigenvalue weighted by Gasteiger charge is 2.12. The molecule has 2 nitrogen and oxygen atoms in total. The molecule has 0 amide bonds. The van der Waals surface area contributed by atoms with E-state index in [1.54, 1.807) is 18.2 Å². The molecule has 5 heteroatoms. The summed E-state index contributed by atoms with van der Waals surface area (Å²) >= 11 is 10.6. The summed E-state index contributed by atoms with van der Waals surface area (Å²) in [5.41, 5.74) is 1.23. The third-order valence-corrected chi connectivity index (χ3v) is 2.69. The zero-order valence-corrected chi connectivity index (χ0v) is 7.75. The number of hydrogen-bond acceptors (Lipinski definition) is 3. The summed E-state index contributed by atoms with van der Waals surface area (Å²) in [6.07, 6.45) is 0. The van der Waals surface area contributed by atoms with Crippen molar-refractivity contribution in [3.63, 3.8) is 0 Å². The number of rotatable bonds is 0. The lowest BCUT2D eigenvalue weighted by atomic mass is 10.3. The van der Waals surface area contributed by atoms with E-state index >= 15 is 0 Å². The quantitative estimate of drug-likeness (QED) is 0.645. The Morgan fingerprint density at radius 3 is 2.91 bits per heavy atom. The molecule has 0 bridgehead atoms. The molecular weight excluding hydrogens is 203 g/mol. The van der Waals surface area contributed by atoms with Crippen molar-refractivity contribution in [1.29, 1.82) is 0 Å². The Bertz CT molecular complexity index is 447. The van der Waals surface area contributed by atoms with E-state index < -0.39 is 6.79 Å². The van der Waals surface area contributed by atoms with Gasteiger partial charge >= 0.3 is 6.79 Å². The van der Waals surface area contributed by atoms with E-state index in [0.29, 0.717) is 16.2 Å². The Morgan fingerprint density at radius 2 is 2.18 bits per heavy atom. The molecule has 56 valence electrons. The summed E-state index contributed by atoms with van der Waals surface area (Å²) < 4.78 is 10.3. The van der Waals surface area contributed by atoms with E-state index in [9.17, 15) is 0 Å². The van der Waals surface area contributed by atoms with Gasteiger partial charge in [-0.2, -0.15) is 0 Å². The van der Waals surface area contributed by atoms with Crippen LogP contribution in [0.15, 0.2) is 26.6 Å². The van der Waals surface area contributed by atoms with Gasteiger partial charge in [0.15, 0.2) is 0 Å². The van der Waals surface area contributed by atoms with E-state index in [2.05, 4.69) is 0 Å². The lowest BCUT2D eigenvalue weighted by molar-refractivity contribution is 0.705. The minimum absolute atomic E-state index is 0.553. The van der Waals surface area contributed by atoms with Gasteiger partial charge in [-0.1, -0.05) is 17.7 Å². The van der Waals surface area contributed by atoms with Gasteiger partial charge < -0.3 is 0 Å². The molecule has 1 atom stereocenters. The Morgan fingerprint density at radius 1 is 1.36 bits per heavy atom. The third-order valence-electron chi connectivity index (χ3n) is 1.27. The number of halogens is 1. The molecule has 0 aliphatic heterocycles. The Hall–Kier alpha value is -0.370. The normalized spacial score (nSPS) is 12.3. The Kier molecular flexibility index (Phi) is 1.72. The number of hydrogen-bond donors (Lipinski definition) is 0. The molecule has 0 saturated heterocycles. The summed E-state index contributed by atoms with van der Waals surface area (Å²) in [7, 11) is 0. The van der Waals surface area contributed by atoms with E-state index in [1.165, 1.54) is 0 Å². The van der Waals surface area contributed by atoms with E-state index in [-0.39, 0.29) is 0 Å². The SMILES string of the molecule is S=[p+]1oc2cccc(Cl)c2o1. The van der Waals surface area contributed by atoms with Gasteiger partial charge in [-0.3, -0.25) is 0 Å². The highest BCUT2D eigenvalue weighted by Crippen LogP contribution is 2.32. The van der Waals surface area contributed by atoms with Crippen molar-refractivity contribution in [3.8, 4) is 0 Å². The molecule has 0 saturated carbocycles. The highest BCUT2D eigenvalue weighted by molar-refractivity contribution is 8.10. The lowest BCUT2D eigenvalue weighted by Gasteiger charge is -1.81. The van der Waals surface area contributed by atoms with Crippen LogP contribution in [0.1, 0.15) is 0 Å². The third kappa shape index (κ3) is 1.20. The van der Waals surface area contributed by atoms with Crippen LogP contribution in [0, 0.1) is 0 Å². The monoisotopic (exact) mass is 205 g/mol. The topological polar surface area (TPSA) is 26.3 Å². The molecule has 11 heavy (non-hydrogen) atoms. The van der Waals surface area contributed by atoms with Crippen LogP contribution in [0.4, 0.5) is 0 Å². The summed E-state index contributed by atoms with van der Waals surface area (Å²) in [6, 6.07) is 5.33. The first-order chi connectivity index (χ1) is 5.27. The van der Waals surface area contributed by atoms with Crippen LogP contribution in [0.2, 0.25) is 5.02 Å². The zero-order chi connectivity index (χ0) is 7.84. The zero-order valence-electron chi connectivity index (χ0n) is 5.28. The van der Waals surface area contributed by atoms with Crippen LogP contribution in [0.25, 0.3) is 11.2 Å². The first kappa shape index (κ1) is 7.29.